The van der Waals surface area contributed by atoms with Crippen molar-refractivity contribution in [3.05, 3.63) is 93.7 Å². The van der Waals surface area contributed by atoms with Crippen molar-refractivity contribution in [1.82, 2.24) is 0 Å². The predicted octanol–water partition coefficient (Wildman–Crippen LogP) is 4.92. The molecule has 2 aromatic carbocycles. The first-order valence-electron chi connectivity index (χ1n) is 7.50. The van der Waals surface area contributed by atoms with E-state index in [0.29, 0.717) is 11.1 Å². The molecular weight excluding hydrogens is 316 g/mol. The van der Waals surface area contributed by atoms with E-state index in [4.69, 9.17) is 4.42 Å². The third-order valence-electron chi connectivity index (χ3n) is 3.68. The minimum absolute atomic E-state index is 0.324. The van der Waals surface area contributed by atoms with E-state index in [-0.39, 0.29) is 5.63 Å². The number of rotatable bonds is 1. The molecule has 114 valence electrons. The van der Waals surface area contributed by atoms with Gasteiger partial charge in [-0.25, -0.2) is 4.79 Å². The highest BCUT2D eigenvalue weighted by atomic mass is 32.1. The van der Waals surface area contributed by atoms with Gasteiger partial charge in [0.1, 0.15) is 0 Å². The summed E-state index contributed by atoms with van der Waals surface area (Å²) in [6.45, 7) is 0. The summed E-state index contributed by atoms with van der Waals surface area (Å²) in [6.07, 6.45) is 0. The van der Waals surface area contributed by atoms with Crippen LogP contribution in [0.2, 0.25) is 0 Å². The van der Waals surface area contributed by atoms with E-state index in [2.05, 4.69) is 11.8 Å². The van der Waals surface area contributed by atoms with Crippen LogP contribution >= 0.6 is 11.3 Å². The smallest absolute Gasteiger partial charge is 0.345 e. The van der Waals surface area contributed by atoms with Gasteiger partial charge in [-0.15, -0.1) is 11.3 Å². The van der Waals surface area contributed by atoms with Crippen LogP contribution in [0.1, 0.15) is 11.1 Å². The van der Waals surface area contributed by atoms with Crippen LogP contribution in [0, 0.1) is 11.8 Å². The maximum absolute atomic E-state index is 12.3. The Morgan fingerprint density at radius 3 is 2.29 bits per heavy atom. The summed E-state index contributed by atoms with van der Waals surface area (Å²) >= 11 is 1.51. The fourth-order valence-electron chi connectivity index (χ4n) is 2.53. The Balaban J connectivity index is 1.99. The van der Waals surface area contributed by atoms with Crippen molar-refractivity contribution in [3.63, 3.8) is 0 Å². The lowest BCUT2D eigenvalue weighted by Gasteiger charge is -2.04. The predicted molar refractivity (Wildman–Crippen MR) is 98.2 cm³/mol. The molecule has 0 amide bonds. The number of hydrogen-bond donors (Lipinski definition) is 0. The lowest BCUT2D eigenvalue weighted by Crippen LogP contribution is -2.01. The summed E-state index contributed by atoms with van der Waals surface area (Å²) in [5, 5.41) is 2.47. The van der Waals surface area contributed by atoms with Crippen molar-refractivity contribution in [1.29, 1.82) is 0 Å². The molecule has 0 aliphatic rings. The van der Waals surface area contributed by atoms with Crippen molar-refractivity contribution in [3.8, 4) is 23.2 Å². The topological polar surface area (TPSA) is 30.2 Å². The maximum Gasteiger partial charge on any atom is 0.345 e. The average Bonchev–Trinajstić information content (AvgIpc) is 3.13. The minimum Gasteiger partial charge on any atom is -0.421 e. The van der Waals surface area contributed by atoms with E-state index >= 15 is 0 Å². The van der Waals surface area contributed by atoms with Crippen LogP contribution in [-0.2, 0) is 0 Å². The number of hydrogen-bond acceptors (Lipinski definition) is 3. The Labute approximate surface area is 143 Å². The fraction of sp³-hybridized carbons (Fsp3) is 0. The van der Waals surface area contributed by atoms with Crippen molar-refractivity contribution < 1.29 is 4.42 Å². The Hall–Kier alpha value is -3.09. The van der Waals surface area contributed by atoms with Gasteiger partial charge in [-0.3, -0.25) is 0 Å². The first kappa shape index (κ1) is 14.5. The van der Waals surface area contributed by atoms with E-state index in [1.54, 1.807) is 6.07 Å². The average molecular weight is 328 g/mol. The van der Waals surface area contributed by atoms with Gasteiger partial charge in [-0.1, -0.05) is 60.4 Å². The van der Waals surface area contributed by atoms with E-state index in [0.717, 1.165) is 21.4 Å². The van der Waals surface area contributed by atoms with Crippen molar-refractivity contribution in [2.75, 3.05) is 0 Å². The van der Waals surface area contributed by atoms with E-state index in [1.807, 2.05) is 66.0 Å². The number of benzene rings is 2. The zero-order valence-corrected chi connectivity index (χ0v) is 13.5. The van der Waals surface area contributed by atoms with Crippen LogP contribution in [0.3, 0.4) is 0 Å². The van der Waals surface area contributed by atoms with Gasteiger partial charge in [0.15, 0.2) is 5.76 Å². The van der Waals surface area contributed by atoms with Gasteiger partial charge in [-0.05, 0) is 23.6 Å². The summed E-state index contributed by atoms with van der Waals surface area (Å²) < 4.78 is 6.47. The second-order valence-corrected chi connectivity index (χ2v) is 6.16. The molecule has 2 aromatic heterocycles. The second kappa shape index (κ2) is 6.19. The highest BCUT2D eigenvalue weighted by molar-refractivity contribution is 7.17. The first-order chi connectivity index (χ1) is 11.8. The number of fused-ring (bicyclic) bond motifs is 1. The summed E-state index contributed by atoms with van der Waals surface area (Å²) in [5.41, 5.74) is 2.21. The molecule has 0 N–H and O–H groups in total. The SMILES string of the molecule is O=c1oc(-c2ccccc2)c(C#Cc2ccccc2)c2sccc12. The molecule has 0 atom stereocenters. The summed E-state index contributed by atoms with van der Waals surface area (Å²) in [7, 11) is 0. The molecule has 0 saturated heterocycles. The van der Waals surface area contributed by atoms with E-state index in [1.165, 1.54) is 11.3 Å². The van der Waals surface area contributed by atoms with Crippen LogP contribution in [0.25, 0.3) is 21.4 Å². The van der Waals surface area contributed by atoms with Gasteiger partial charge >= 0.3 is 5.63 Å². The van der Waals surface area contributed by atoms with Gasteiger partial charge in [0.25, 0.3) is 0 Å². The third-order valence-corrected chi connectivity index (χ3v) is 4.61. The Morgan fingerprint density at radius 1 is 0.833 bits per heavy atom. The lowest BCUT2D eigenvalue weighted by atomic mass is 10.1. The van der Waals surface area contributed by atoms with Crippen LogP contribution in [0.5, 0.6) is 0 Å². The molecule has 0 aliphatic heterocycles. The van der Waals surface area contributed by atoms with Gasteiger partial charge < -0.3 is 4.42 Å². The Bertz CT molecular complexity index is 1110. The molecule has 0 saturated carbocycles. The summed E-state index contributed by atoms with van der Waals surface area (Å²) in [6, 6.07) is 21.2. The highest BCUT2D eigenvalue weighted by Crippen LogP contribution is 2.30. The highest BCUT2D eigenvalue weighted by Gasteiger charge is 2.15. The molecule has 2 heterocycles. The van der Waals surface area contributed by atoms with Gasteiger partial charge in [-0.2, -0.15) is 0 Å². The molecule has 0 spiro atoms. The summed E-state index contributed by atoms with van der Waals surface area (Å²) in [5.74, 6) is 6.91. The van der Waals surface area contributed by atoms with Crippen LogP contribution in [0.15, 0.2) is 81.3 Å². The molecule has 0 radical (unpaired) electrons. The molecule has 3 heteroatoms. The van der Waals surface area contributed by atoms with E-state index < -0.39 is 0 Å². The van der Waals surface area contributed by atoms with Crippen LogP contribution in [0.4, 0.5) is 0 Å². The zero-order chi connectivity index (χ0) is 16.4. The zero-order valence-electron chi connectivity index (χ0n) is 12.7. The molecule has 0 fully saturated rings. The molecule has 24 heavy (non-hydrogen) atoms. The van der Waals surface area contributed by atoms with Gasteiger partial charge in [0, 0.05) is 11.1 Å². The molecule has 0 aliphatic carbocycles. The van der Waals surface area contributed by atoms with Gasteiger partial charge in [0.05, 0.1) is 15.6 Å². The monoisotopic (exact) mass is 328 g/mol. The quantitative estimate of drug-likeness (QED) is 0.464. The Morgan fingerprint density at radius 2 is 1.54 bits per heavy atom. The molecule has 2 nitrogen and oxygen atoms in total. The van der Waals surface area contributed by atoms with E-state index in [9.17, 15) is 4.79 Å². The number of thiophene rings is 1. The lowest BCUT2D eigenvalue weighted by molar-refractivity contribution is 0.534. The molecular formula is C21H12O2S. The molecule has 0 bridgehead atoms. The third kappa shape index (κ3) is 2.64. The molecule has 0 unspecified atom stereocenters. The second-order valence-electron chi connectivity index (χ2n) is 5.24. The molecule has 4 aromatic rings. The van der Waals surface area contributed by atoms with Gasteiger partial charge in [0.2, 0.25) is 0 Å². The van der Waals surface area contributed by atoms with Crippen molar-refractivity contribution in [2.24, 2.45) is 0 Å². The molecule has 4 rings (SSSR count). The fourth-order valence-corrected chi connectivity index (χ4v) is 3.41. The van der Waals surface area contributed by atoms with Crippen molar-refractivity contribution >= 4 is 21.4 Å². The minimum atomic E-state index is -0.324. The standard InChI is InChI=1S/C21H12O2S/c22-21-18-13-14-24-20(18)17(12-11-15-7-3-1-4-8-15)19(23-21)16-9-5-2-6-10-16/h1-10,13-14H. The normalized spacial score (nSPS) is 10.3. The largest absolute Gasteiger partial charge is 0.421 e. The van der Waals surface area contributed by atoms with Crippen LogP contribution < -0.4 is 5.63 Å². The Kier molecular flexibility index (Phi) is 3.74. The van der Waals surface area contributed by atoms with Crippen molar-refractivity contribution in [2.45, 2.75) is 0 Å². The summed E-state index contributed by atoms with van der Waals surface area (Å²) in [4.78, 5) is 12.3. The van der Waals surface area contributed by atoms with Crippen LogP contribution in [-0.4, -0.2) is 0 Å². The maximum atomic E-state index is 12.3. The first-order valence-corrected chi connectivity index (χ1v) is 8.38.